The molecular weight excluding hydrogens is 477 g/mol. The normalized spacial score (nSPS) is 14.9. The van der Waals surface area contributed by atoms with E-state index in [0.29, 0.717) is 18.8 Å². The zero-order valence-electron chi connectivity index (χ0n) is 17.1. The second-order valence-electron chi connectivity index (χ2n) is 7.31. The number of carbonyl (C=O) groups excluding carboxylic acids is 1. The first-order valence-electron chi connectivity index (χ1n) is 9.85. The van der Waals surface area contributed by atoms with Crippen LogP contribution in [0.25, 0.3) is 0 Å². The molecule has 3 N–H and O–H groups in total. The van der Waals surface area contributed by atoms with Crippen LogP contribution in [0.1, 0.15) is 36.9 Å². The zero-order valence-corrected chi connectivity index (χ0v) is 19.4. The summed E-state index contributed by atoms with van der Waals surface area (Å²) in [6.07, 6.45) is 3.98. The molecular formula is C22H30IN5O. The summed E-state index contributed by atoms with van der Waals surface area (Å²) in [5, 5.41) is 9.48. The highest BCUT2D eigenvalue weighted by Gasteiger charge is 2.38. The number of aliphatic imine (C=N–C) groups is 1. The number of aromatic nitrogens is 1. The number of rotatable bonds is 7. The van der Waals surface area contributed by atoms with Crippen molar-refractivity contribution in [1.82, 2.24) is 15.6 Å². The molecule has 156 valence electrons. The van der Waals surface area contributed by atoms with Gasteiger partial charge >= 0.3 is 0 Å². The molecule has 2 aromatic rings. The van der Waals surface area contributed by atoms with Crippen molar-refractivity contribution in [2.45, 2.75) is 38.0 Å². The van der Waals surface area contributed by atoms with E-state index in [9.17, 15) is 4.79 Å². The van der Waals surface area contributed by atoms with Gasteiger partial charge < -0.3 is 16.0 Å². The number of pyridine rings is 1. The Hall–Kier alpha value is -2.16. The van der Waals surface area contributed by atoms with Gasteiger partial charge in [0.05, 0.1) is 0 Å². The van der Waals surface area contributed by atoms with E-state index in [1.54, 1.807) is 13.1 Å². The van der Waals surface area contributed by atoms with Crippen LogP contribution in [-0.2, 0) is 10.2 Å². The molecule has 1 aromatic heterocycles. The first-order chi connectivity index (χ1) is 13.6. The maximum atomic E-state index is 12.1. The van der Waals surface area contributed by atoms with Crippen molar-refractivity contribution in [1.29, 1.82) is 0 Å². The highest BCUT2D eigenvalue weighted by molar-refractivity contribution is 14.0. The van der Waals surface area contributed by atoms with Crippen molar-refractivity contribution in [2.75, 3.05) is 25.5 Å². The minimum atomic E-state index is -0.0687. The predicted octanol–water partition coefficient (Wildman–Crippen LogP) is 3.62. The lowest BCUT2D eigenvalue weighted by molar-refractivity contribution is -0.116. The highest BCUT2D eigenvalue weighted by atomic mass is 127. The van der Waals surface area contributed by atoms with E-state index < -0.39 is 0 Å². The number of guanidine groups is 1. The van der Waals surface area contributed by atoms with Gasteiger partial charge in [0, 0.05) is 37.7 Å². The van der Waals surface area contributed by atoms with E-state index in [-0.39, 0.29) is 35.3 Å². The lowest BCUT2D eigenvalue weighted by Crippen LogP contribution is -2.49. The Morgan fingerprint density at radius 1 is 1.10 bits per heavy atom. The smallest absolute Gasteiger partial charge is 0.227 e. The fraction of sp³-hybridized carbons (Fsp3) is 0.409. The fourth-order valence-electron chi connectivity index (χ4n) is 3.55. The Bertz CT molecular complexity index is 821. The summed E-state index contributed by atoms with van der Waals surface area (Å²) in [6, 6.07) is 16.2. The summed E-state index contributed by atoms with van der Waals surface area (Å²) < 4.78 is 0. The van der Waals surface area contributed by atoms with Crippen molar-refractivity contribution in [2.24, 2.45) is 4.99 Å². The van der Waals surface area contributed by atoms with Crippen LogP contribution >= 0.6 is 24.0 Å². The van der Waals surface area contributed by atoms with Gasteiger partial charge in [-0.1, -0.05) is 42.8 Å². The summed E-state index contributed by atoms with van der Waals surface area (Å²) in [5.41, 5.74) is 2.45. The van der Waals surface area contributed by atoms with Gasteiger partial charge in [-0.15, -0.1) is 24.0 Å². The third-order valence-electron chi connectivity index (χ3n) is 5.31. The van der Waals surface area contributed by atoms with Crippen LogP contribution in [0.4, 0.5) is 5.82 Å². The molecule has 7 heteroatoms. The first-order valence-corrected chi connectivity index (χ1v) is 9.85. The zero-order chi connectivity index (χ0) is 19.8. The van der Waals surface area contributed by atoms with Crippen molar-refractivity contribution < 1.29 is 4.79 Å². The maximum absolute atomic E-state index is 12.1. The molecule has 0 aliphatic heterocycles. The van der Waals surface area contributed by atoms with Gasteiger partial charge in [0.2, 0.25) is 5.91 Å². The van der Waals surface area contributed by atoms with Crippen LogP contribution in [0, 0.1) is 6.92 Å². The second-order valence-corrected chi connectivity index (χ2v) is 7.31. The quantitative estimate of drug-likeness (QED) is 0.304. The number of nitrogens with zero attached hydrogens (tertiary/aromatic N) is 2. The number of amides is 1. The number of benzene rings is 1. The molecule has 0 saturated heterocycles. The highest BCUT2D eigenvalue weighted by Crippen LogP contribution is 2.43. The van der Waals surface area contributed by atoms with Crippen molar-refractivity contribution in [3.05, 3.63) is 59.8 Å². The standard InChI is InChI=1S/C22H29N5O.HI/c1-17-8-6-11-19(26-17)27-20(28)12-15-24-21(23-2)25-16-22(13-7-14-22)18-9-4-3-5-10-18;/h3-6,8-11H,7,12-16H2,1-2H3,(H2,23,24,25)(H,26,27,28);1H. The Morgan fingerprint density at radius 3 is 2.48 bits per heavy atom. The molecule has 1 saturated carbocycles. The maximum Gasteiger partial charge on any atom is 0.227 e. The Morgan fingerprint density at radius 2 is 1.86 bits per heavy atom. The van der Waals surface area contributed by atoms with Gasteiger partial charge in [0.1, 0.15) is 5.82 Å². The molecule has 6 nitrogen and oxygen atoms in total. The minimum absolute atomic E-state index is 0. The molecule has 1 aliphatic rings. The number of nitrogens with one attached hydrogen (secondary N) is 3. The predicted molar refractivity (Wildman–Crippen MR) is 129 cm³/mol. The average Bonchev–Trinajstić information content (AvgIpc) is 2.66. The first kappa shape index (κ1) is 23.1. The van der Waals surface area contributed by atoms with E-state index in [1.807, 2.05) is 19.1 Å². The van der Waals surface area contributed by atoms with Crippen molar-refractivity contribution >= 4 is 41.7 Å². The Kier molecular flexibility index (Phi) is 8.88. The third kappa shape index (κ3) is 6.42. The van der Waals surface area contributed by atoms with E-state index in [4.69, 9.17) is 0 Å². The molecule has 1 amide bonds. The van der Waals surface area contributed by atoms with Gasteiger partial charge in [-0.25, -0.2) is 4.98 Å². The van der Waals surface area contributed by atoms with Crippen molar-refractivity contribution in [3.63, 3.8) is 0 Å². The average molecular weight is 507 g/mol. The number of hydrogen-bond donors (Lipinski definition) is 3. The van der Waals surface area contributed by atoms with Crippen LogP contribution in [0.5, 0.6) is 0 Å². The van der Waals surface area contributed by atoms with Crippen LogP contribution in [0.3, 0.4) is 0 Å². The van der Waals surface area contributed by atoms with E-state index >= 15 is 0 Å². The molecule has 3 rings (SSSR count). The van der Waals surface area contributed by atoms with E-state index in [0.717, 1.165) is 18.2 Å². The molecule has 0 radical (unpaired) electrons. The van der Waals surface area contributed by atoms with Crippen LogP contribution in [0.15, 0.2) is 53.5 Å². The minimum Gasteiger partial charge on any atom is -0.356 e. The van der Waals surface area contributed by atoms with Gasteiger partial charge in [-0.2, -0.15) is 0 Å². The summed E-state index contributed by atoms with van der Waals surface area (Å²) in [5.74, 6) is 1.24. The van der Waals surface area contributed by atoms with E-state index in [2.05, 4.69) is 56.3 Å². The Labute approximate surface area is 190 Å². The summed E-state index contributed by atoms with van der Waals surface area (Å²) >= 11 is 0. The molecule has 0 spiro atoms. The lowest BCUT2D eigenvalue weighted by Gasteiger charge is -2.43. The van der Waals surface area contributed by atoms with Crippen LogP contribution in [-0.4, -0.2) is 37.0 Å². The fourth-order valence-corrected chi connectivity index (χ4v) is 3.55. The molecule has 29 heavy (non-hydrogen) atoms. The summed E-state index contributed by atoms with van der Waals surface area (Å²) in [4.78, 5) is 20.7. The number of halogens is 1. The topological polar surface area (TPSA) is 78.4 Å². The van der Waals surface area contributed by atoms with Gasteiger partial charge in [0.25, 0.3) is 0 Å². The number of aryl methyl sites for hydroxylation is 1. The third-order valence-corrected chi connectivity index (χ3v) is 5.31. The SMILES string of the molecule is CN=C(NCCC(=O)Nc1cccc(C)n1)NCC1(c2ccccc2)CCC1.I. The largest absolute Gasteiger partial charge is 0.356 e. The monoisotopic (exact) mass is 507 g/mol. The van der Waals surface area contributed by atoms with Gasteiger partial charge in [-0.3, -0.25) is 9.79 Å². The Balaban J connectivity index is 0.00000300. The van der Waals surface area contributed by atoms with Crippen molar-refractivity contribution in [3.8, 4) is 0 Å². The molecule has 1 aromatic carbocycles. The summed E-state index contributed by atoms with van der Waals surface area (Å²) in [7, 11) is 1.75. The second kappa shape index (κ2) is 11.1. The molecule has 0 atom stereocenters. The number of carbonyl (C=O) groups is 1. The number of anilines is 1. The summed E-state index contributed by atoms with van der Waals surface area (Å²) in [6.45, 7) is 3.25. The number of hydrogen-bond acceptors (Lipinski definition) is 3. The van der Waals surface area contributed by atoms with Crippen LogP contribution < -0.4 is 16.0 Å². The molecule has 0 bridgehead atoms. The molecule has 0 unspecified atom stereocenters. The molecule has 1 fully saturated rings. The van der Waals surface area contributed by atoms with Gasteiger partial charge in [0.15, 0.2) is 5.96 Å². The molecule has 1 heterocycles. The van der Waals surface area contributed by atoms with Crippen LogP contribution in [0.2, 0.25) is 0 Å². The lowest BCUT2D eigenvalue weighted by atomic mass is 9.64. The van der Waals surface area contributed by atoms with Gasteiger partial charge in [-0.05, 0) is 37.5 Å². The van der Waals surface area contributed by atoms with E-state index in [1.165, 1.54) is 24.8 Å². The molecule has 1 aliphatic carbocycles.